The molecule has 2 heterocycles. The zero-order chi connectivity index (χ0) is 86.8. The van der Waals surface area contributed by atoms with E-state index in [1.54, 1.807) is 0 Å². The molecule has 3 rings (SSSR count). The summed E-state index contributed by atoms with van der Waals surface area (Å²) in [6.07, 6.45) is 33.1. The lowest BCUT2D eigenvalue weighted by molar-refractivity contribution is -0.360. The number of carbonyl (C=O) groups is 4. The van der Waals surface area contributed by atoms with Gasteiger partial charge in [-0.05, 0) is 77.0 Å². The molecule has 0 amide bonds. The van der Waals surface area contributed by atoms with Crippen molar-refractivity contribution in [1.29, 1.82) is 0 Å². The third-order valence-electron chi connectivity index (χ3n) is 23.4. The highest BCUT2D eigenvalue weighted by molar-refractivity contribution is 7.47. The lowest BCUT2D eigenvalue weighted by Gasteiger charge is -2.50. The van der Waals surface area contributed by atoms with Crippen molar-refractivity contribution in [3.05, 3.63) is 24.3 Å². The van der Waals surface area contributed by atoms with Crippen LogP contribution < -0.4 is 0 Å². The number of hydrogen-bond acceptors (Lipinski definition) is 24. The molecule has 0 spiro atoms. The molecule has 18 unspecified atom stereocenters. The van der Waals surface area contributed by atoms with Crippen LogP contribution in [-0.2, 0) is 70.7 Å². The van der Waals surface area contributed by atoms with Crippen molar-refractivity contribution in [1.82, 2.24) is 0 Å². The Hall–Kier alpha value is -3.05. The number of allylic oxidation sites excluding steroid dienone is 4. The average molecular weight is 1720 g/mol. The molecule has 2 aliphatic heterocycles. The zero-order valence-corrected chi connectivity index (χ0v) is 75.3. The van der Waals surface area contributed by atoms with E-state index in [0.29, 0.717) is 38.5 Å². The summed E-state index contributed by atoms with van der Waals surface area (Å²) in [5, 5.41) is 102. The molecule has 1 saturated carbocycles. The van der Waals surface area contributed by atoms with Crippen LogP contribution in [0.2, 0.25) is 0 Å². The summed E-state index contributed by atoms with van der Waals surface area (Å²) < 4.78 is 73.5. The summed E-state index contributed by atoms with van der Waals surface area (Å²) in [7, 11) is -5.81. The molecular weight excluding hydrogens is 1550 g/mol. The van der Waals surface area contributed by atoms with E-state index in [-0.39, 0.29) is 32.1 Å². The van der Waals surface area contributed by atoms with Crippen LogP contribution in [0.4, 0.5) is 0 Å². The average Bonchev–Trinajstić information content (AvgIpc) is 0.755. The summed E-state index contributed by atoms with van der Waals surface area (Å²) in [4.78, 5) is 66.5. The second-order valence-electron chi connectivity index (χ2n) is 34.2. The minimum Gasteiger partial charge on any atom is -0.463 e. The summed E-state index contributed by atoms with van der Waals surface area (Å²) >= 11 is 0. The number of rotatable bonds is 78. The van der Waals surface area contributed by atoms with Crippen molar-refractivity contribution in [3.63, 3.8) is 0 Å². The second kappa shape index (κ2) is 72.0. The predicted octanol–water partition coefficient (Wildman–Crippen LogP) is 18.1. The maximum Gasteiger partial charge on any atom is 0.472 e. The lowest BCUT2D eigenvalue weighted by Crippen LogP contribution is -2.70. The summed E-state index contributed by atoms with van der Waals surface area (Å²) in [5.41, 5.74) is 0. The van der Waals surface area contributed by atoms with Gasteiger partial charge in [0.05, 0.1) is 13.2 Å². The molecule has 18 atom stereocenters. The minimum atomic E-state index is -5.81. The Labute approximate surface area is 717 Å². The Morgan fingerprint density at radius 1 is 0.328 bits per heavy atom. The molecular formula is C93H171O25P. The minimum absolute atomic E-state index is 0.0162. The molecule has 10 N–H and O–H groups in total. The molecule has 3 fully saturated rings. The normalized spacial score (nSPS) is 24.9. The van der Waals surface area contributed by atoms with Crippen LogP contribution in [-0.4, -0.2) is 205 Å². The number of hydrogen-bond donors (Lipinski definition) is 10. The van der Waals surface area contributed by atoms with Crippen LogP contribution in [0, 0.1) is 0 Å². The molecule has 698 valence electrons. The smallest absolute Gasteiger partial charge is 0.463 e. The number of phosphoric ester groups is 1. The maximum atomic E-state index is 14.9. The van der Waals surface area contributed by atoms with E-state index in [0.717, 1.165) is 135 Å². The highest BCUT2D eigenvalue weighted by Gasteiger charge is 2.60. The van der Waals surface area contributed by atoms with E-state index in [1.165, 1.54) is 180 Å². The van der Waals surface area contributed by atoms with Gasteiger partial charge in [-0.1, -0.05) is 335 Å². The molecule has 26 heteroatoms. The third-order valence-corrected chi connectivity index (χ3v) is 24.4. The number of phosphoric acid groups is 1. The Kier molecular flexibility index (Phi) is 66.7. The Morgan fingerprint density at radius 3 is 1.02 bits per heavy atom. The van der Waals surface area contributed by atoms with Gasteiger partial charge < -0.3 is 88.7 Å². The van der Waals surface area contributed by atoms with Crippen molar-refractivity contribution >= 4 is 31.7 Å². The van der Waals surface area contributed by atoms with Crippen LogP contribution in [0.1, 0.15) is 413 Å². The van der Waals surface area contributed by atoms with E-state index >= 15 is 0 Å². The van der Waals surface area contributed by atoms with Crippen LogP contribution in [0.5, 0.6) is 0 Å². The first-order valence-electron chi connectivity index (χ1n) is 48.1. The van der Waals surface area contributed by atoms with Gasteiger partial charge in [-0.3, -0.25) is 28.2 Å². The molecule has 0 aromatic carbocycles. The van der Waals surface area contributed by atoms with E-state index < -0.39 is 162 Å². The summed E-state index contributed by atoms with van der Waals surface area (Å²) in [5.74, 6) is -2.98. The van der Waals surface area contributed by atoms with Crippen molar-refractivity contribution < 1.29 is 122 Å². The van der Waals surface area contributed by atoms with Gasteiger partial charge >= 0.3 is 31.7 Å². The fourth-order valence-corrected chi connectivity index (χ4v) is 16.7. The van der Waals surface area contributed by atoms with Gasteiger partial charge in [0, 0.05) is 25.7 Å². The molecule has 1 aliphatic carbocycles. The first-order chi connectivity index (χ1) is 57.7. The quantitative estimate of drug-likeness (QED) is 0.00889. The van der Waals surface area contributed by atoms with Crippen LogP contribution in [0.15, 0.2) is 24.3 Å². The SMILES string of the molecule is CCCCCC/C=C\CCCCCCCCCC(=O)OC(COC(=O)CCCCCCCCCCCCCCCCCC)COP(=O)(O)OC1C(OC2OC(CO)C(O)C(O)C2O)C(O)C(O)C(OC(=O)CCCCC/C=C\CCCCCCCC)C1OC1OC(COC(=O)CCCCCCCCCCCCCCCCCC)C(O)C(O)C1O. The van der Waals surface area contributed by atoms with Gasteiger partial charge in [0.15, 0.2) is 24.8 Å². The Balaban J connectivity index is 1.90. The highest BCUT2D eigenvalue weighted by atomic mass is 31.2. The van der Waals surface area contributed by atoms with Crippen molar-refractivity contribution in [2.75, 3.05) is 26.4 Å². The first-order valence-corrected chi connectivity index (χ1v) is 49.6. The van der Waals surface area contributed by atoms with E-state index in [4.69, 9.17) is 46.9 Å². The Bertz CT molecular complexity index is 2570. The van der Waals surface area contributed by atoms with Crippen molar-refractivity contribution in [2.45, 2.75) is 517 Å². The molecule has 0 aromatic heterocycles. The summed E-state index contributed by atoms with van der Waals surface area (Å²) in [6, 6.07) is 0. The Morgan fingerprint density at radius 2 is 0.630 bits per heavy atom. The molecule has 2 saturated heterocycles. The van der Waals surface area contributed by atoms with Crippen molar-refractivity contribution in [2.24, 2.45) is 0 Å². The molecule has 119 heavy (non-hydrogen) atoms. The highest BCUT2D eigenvalue weighted by Crippen LogP contribution is 2.49. The number of unbranched alkanes of at least 4 members (excludes halogenated alkanes) is 50. The van der Waals surface area contributed by atoms with Gasteiger partial charge in [-0.15, -0.1) is 0 Å². The molecule has 25 nitrogen and oxygen atoms in total. The topological polar surface area (TPSA) is 380 Å². The number of esters is 4. The van der Waals surface area contributed by atoms with Crippen molar-refractivity contribution in [3.8, 4) is 0 Å². The van der Waals surface area contributed by atoms with Gasteiger partial charge in [0.2, 0.25) is 0 Å². The number of carbonyl (C=O) groups excluding carboxylic acids is 4. The lowest BCUT2D eigenvalue weighted by atomic mass is 9.84. The number of ether oxygens (including phenoxy) is 8. The van der Waals surface area contributed by atoms with Crippen LogP contribution >= 0.6 is 7.82 Å². The van der Waals surface area contributed by atoms with Gasteiger partial charge in [-0.25, -0.2) is 4.57 Å². The van der Waals surface area contributed by atoms with Crippen LogP contribution in [0.25, 0.3) is 0 Å². The fourth-order valence-electron chi connectivity index (χ4n) is 15.8. The molecule has 0 radical (unpaired) electrons. The number of aliphatic hydroxyl groups excluding tert-OH is 9. The summed E-state index contributed by atoms with van der Waals surface area (Å²) in [6.45, 7) is 5.59. The zero-order valence-electron chi connectivity index (χ0n) is 74.4. The molecule has 0 aromatic rings. The molecule has 0 bridgehead atoms. The second-order valence-corrected chi connectivity index (χ2v) is 35.6. The predicted molar refractivity (Wildman–Crippen MR) is 463 cm³/mol. The number of aliphatic hydroxyl groups is 9. The van der Waals surface area contributed by atoms with E-state index in [1.807, 2.05) is 0 Å². The monoisotopic (exact) mass is 1720 g/mol. The van der Waals surface area contributed by atoms with Gasteiger partial charge in [-0.2, -0.15) is 0 Å². The largest absolute Gasteiger partial charge is 0.472 e. The third kappa shape index (κ3) is 52.0. The van der Waals surface area contributed by atoms with E-state index in [9.17, 15) is 74.6 Å². The molecule has 3 aliphatic rings. The van der Waals surface area contributed by atoms with Crippen LogP contribution in [0.3, 0.4) is 0 Å². The van der Waals surface area contributed by atoms with Gasteiger partial charge in [0.25, 0.3) is 0 Å². The van der Waals surface area contributed by atoms with E-state index in [2.05, 4.69) is 52.0 Å². The standard InChI is InChI=1S/C93H171O25P/c1-5-9-13-17-21-25-29-33-36-39-42-45-49-53-57-61-65-76(95)109-70-73(112-78(97)67-63-59-55-51-48-44-38-35-31-27-23-19-15-11-7-3)71-111-119(107,108)118-91-89(116-92-86(105)82(101)80(99)74(69-94)113-92)85(104)84(103)88(115-79(98)68-64-60-56-52-47-41-32-28-24-20-16-12-8-4)90(91)117-93-87(106)83(102)81(100)75(114-93)72-110-77(96)66-62-58-54-50-46-43-40-37-34-30-26-22-18-14-10-6-2/h27,31,41,47,73-75,80-94,99-106H,5-26,28-30,32-40,42-46,48-72H2,1-4H3,(H,107,108)/b31-27-,47-41-. The fraction of sp³-hybridized carbons (Fsp3) is 0.914. The maximum absolute atomic E-state index is 14.9. The van der Waals surface area contributed by atoms with Gasteiger partial charge in [0.1, 0.15) is 92.6 Å². The first kappa shape index (κ1) is 110.